The minimum Gasteiger partial charge on any atom is -0.507 e. The number of rotatable bonds is 7. The fourth-order valence-electron chi connectivity index (χ4n) is 3.63. The Bertz CT molecular complexity index is 962. The molecule has 0 saturated carbocycles. The number of ketones is 1. The van der Waals surface area contributed by atoms with Crippen LogP contribution in [-0.2, 0) is 15.9 Å². The van der Waals surface area contributed by atoms with Crippen molar-refractivity contribution >= 4 is 5.78 Å². The lowest BCUT2D eigenvalue weighted by atomic mass is 9.90. The summed E-state index contributed by atoms with van der Waals surface area (Å²) in [6, 6.07) is 5.55. The van der Waals surface area contributed by atoms with E-state index in [2.05, 4.69) is 4.74 Å². The number of aromatic hydroxyl groups is 2. The molecule has 0 unspecified atom stereocenters. The number of carbonyl (C=O) groups is 1. The van der Waals surface area contributed by atoms with E-state index in [9.17, 15) is 38.4 Å². The molecule has 11 heteroatoms. The number of alkyl halides is 3. The molecule has 3 rings (SSSR count). The number of hydrogen-bond acceptors (Lipinski definition) is 8. The lowest BCUT2D eigenvalue weighted by Gasteiger charge is -2.20. The summed E-state index contributed by atoms with van der Waals surface area (Å²) in [7, 11) is 0. The van der Waals surface area contributed by atoms with Gasteiger partial charge in [-0.2, -0.15) is 0 Å². The van der Waals surface area contributed by atoms with Gasteiger partial charge in [-0.15, -0.1) is 13.2 Å². The first-order valence-electron chi connectivity index (χ1n) is 9.51. The summed E-state index contributed by atoms with van der Waals surface area (Å²) in [6.45, 7) is 0.337. The number of phenols is 2. The van der Waals surface area contributed by atoms with Crippen molar-refractivity contribution < 1.29 is 52.6 Å². The monoisotopic (exact) mass is 458 g/mol. The molecular weight excluding hydrogens is 437 g/mol. The molecule has 1 fully saturated rings. The number of carbonyl (C=O) groups excluding carboxylic acids is 1. The maximum absolute atomic E-state index is 12.4. The van der Waals surface area contributed by atoms with Crippen LogP contribution in [-0.4, -0.2) is 64.3 Å². The third kappa shape index (κ3) is 5.13. The van der Waals surface area contributed by atoms with E-state index in [1.54, 1.807) is 0 Å². The molecule has 2 aromatic carbocycles. The van der Waals surface area contributed by atoms with Gasteiger partial charge < -0.3 is 34.6 Å². The second-order valence-electron chi connectivity index (χ2n) is 7.12. The molecule has 2 atom stereocenters. The Morgan fingerprint density at radius 1 is 1.03 bits per heavy atom. The van der Waals surface area contributed by atoms with Crippen LogP contribution in [0.1, 0.15) is 22.8 Å². The number of ether oxygens (including phenoxy) is 3. The van der Waals surface area contributed by atoms with Crippen LogP contribution in [0.3, 0.4) is 0 Å². The summed E-state index contributed by atoms with van der Waals surface area (Å²) < 4.78 is 52.2. The predicted octanol–water partition coefficient (Wildman–Crippen LogP) is 2.50. The molecule has 0 aromatic heterocycles. The van der Waals surface area contributed by atoms with Crippen molar-refractivity contribution in [2.45, 2.75) is 38.2 Å². The highest BCUT2D eigenvalue weighted by molar-refractivity contribution is 6.01. The average molecular weight is 458 g/mol. The Balaban J connectivity index is 2.05. The number of benzene rings is 2. The molecule has 0 aliphatic carbocycles. The summed E-state index contributed by atoms with van der Waals surface area (Å²) >= 11 is 0. The highest BCUT2D eigenvalue weighted by atomic mass is 19.4. The van der Waals surface area contributed by atoms with Crippen molar-refractivity contribution in [2.75, 3.05) is 13.2 Å². The zero-order valence-corrected chi connectivity index (χ0v) is 16.8. The Hall–Kier alpha value is -2.86. The summed E-state index contributed by atoms with van der Waals surface area (Å²) in [5.74, 6) is -1.94. The molecule has 4 N–H and O–H groups in total. The standard InChI is InChI=1S/C21H21F3O8/c1-10(27)19-13(6-18-30-16(8-25)17(9-26)31-18)20(15(29)7-14(19)28)11-2-4-12(5-3-11)32-21(22,23)24/h2-5,7,16-18,25-26,28-29H,6,8-9H2,1H3/t16-,17-/m0/s1. The van der Waals surface area contributed by atoms with Gasteiger partial charge in [0, 0.05) is 18.1 Å². The van der Waals surface area contributed by atoms with Crippen LogP contribution in [0, 0.1) is 0 Å². The van der Waals surface area contributed by atoms with Crippen molar-refractivity contribution in [3.05, 3.63) is 41.5 Å². The molecule has 1 heterocycles. The van der Waals surface area contributed by atoms with Crippen LogP contribution in [0.25, 0.3) is 11.1 Å². The quantitative estimate of drug-likeness (QED) is 0.467. The van der Waals surface area contributed by atoms with Crippen LogP contribution in [0.4, 0.5) is 13.2 Å². The number of aliphatic hydroxyl groups is 2. The minimum atomic E-state index is -4.88. The zero-order chi connectivity index (χ0) is 23.6. The summed E-state index contributed by atoms with van der Waals surface area (Å²) in [5.41, 5.74) is 0.310. The first-order valence-corrected chi connectivity index (χ1v) is 9.51. The van der Waals surface area contributed by atoms with Gasteiger partial charge in [-0.3, -0.25) is 4.79 Å². The summed E-state index contributed by atoms with van der Waals surface area (Å²) in [5, 5.41) is 39.5. The predicted molar refractivity (Wildman–Crippen MR) is 103 cm³/mol. The van der Waals surface area contributed by atoms with Gasteiger partial charge in [-0.05, 0) is 30.2 Å². The third-order valence-electron chi connectivity index (χ3n) is 4.92. The molecular formula is C21H21F3O8. The van der Waals surface area contributed by atoms with Gasteiger partial charge in [0.2, 0.25) is 0 Å². The van der Waals surface area contributed by atoms with Gasteiger partial charge in [0.05, 0.1) is 18.8 Å². The van der Waals surface area contributed by atoms with Crippen molar-refractivity contribution in [1.29, 1.82) is 0 Å². The number of Topliss-reactive ketones (excluding diaryl/α,β-unsaturated/α-hetero) is 1. The molecule has 1 aliphatic rings. The summed E-state index contributed by atoms with van der Waals surface area (Å²) in [4.78, 5) is 12.3. The normalized spacial score (nSPS) is 19.3. The SMILES string of the molecule is CC(=O)c1c(O)cc(O)c(-c2ccc(OC(F)(F)F)cc2)c1CC1O[C@@H](CO)[C@H](CO)O1. The van der Waals surface area contributed by atoms with Gasteiger partial charge in [-0.25, -0.2) is 0 Å². The number of hydrogen-bond donors (Lipinski definition) is 4. The number of phenolic OH excluding ortho intramolecular Hbond substituents is 2. The minimum absolute atomic E-state index is 0.0757. The third-order valence-corrected chi connectivity index (χ3v) is 4.92. The average Bonchev–Trinajstić information content (AvgIpc) is 3.09. The Morgan fingerprint density at radius 2 is 1.59 bits per heavy atom. The molecule has 8 nitrogen and oxygen atoms in total. The molecule has 32 heavy (non-hydrogen) atoms. The maximum atomic E-state index is 12.4. The van der Waals surface area contributed by atoms with Gasteiger partial charge in [-0.1, -0.05) is 12.1 Å². The Kier molecular flexibility index (Phi) is 6.94. The van der Waals surface area contributed by atoms with E-state index in [0.717, 1.165) is 18.2 Å². The van der Waals surface area contributed by atoms with Crippen LogP contribution in [0.2, 0.25) is 0 Å². The molecule has 174 valence electrons. The van der Waals surface area contributed by atoms with Crippen LogP contribution in [0.15, 0.2) is 30.3 Å². The fourth-order valence-corrected chi connectivity index (χ4v) is 3.63. The Labute approximate surface area is 180 Å². The molecule has 0 radical (unpaired) electrons. The van der Waals surface area contributed by atoms with Gasteiger partial charge >= 0.3 is 6.36 Å². The van der Waals surface area contributed by atoms with E-state index in [0.29, 0.717) is 0 Å². The first-order chi connectivity index (χ1) is 15.0. The Morgan fingerprint density at radius 3 is 2.06 bits per heavy atom. The van der Waals surface area contributed by atoms with Crippen molar-refractivity contribution in [2.24, 2.45) is 0 Å². The van der Waals surface area contributed by atoms with Crippen molar-refractivity contribution in [3.63, 3.8) is 0 Å². The topological polar surface area (TPSA) is 126 Å². The van der Waals surface area contributed by atoms with Gasteiger partial charge in [0.15, 0.2) is 12.1 Å². The smallest absolute Gasteiger partial charge is 0.507 e. The van der Waals surface area contributed by atoms with Crippen LogP contribution >= 0.6 is 0 Å². The first kappa shape index (κ1) is 23.8. The molecule has 0 bridgehead atoms. The van der Waals surface area contributed by atoms with E-state index >= 15 is 0 Å². The maximum Gasteiger partial charge on any atom is 0.573 e. The van der Waals surface area contributed by atoms with E-state index in [4.69, 9.17) is 9.47 Å². The lowest BCUT2D eigenvalue weighted by molar-refractivity contribution is -0.274. The molecule has 2 aromatic rings. The largest absolute Gasteiger partial charge is 0.573 e. The molecule has 1 saturated heterocycles. The van der Waals surface area contributed by atoms with Crippen molar-refractivity contribution in [1.82, 2.24) is 0 Å². The van der Waals surface area contributed by atoms with Gasteiger partial charge in [0.1, 0.15) is 29.5 Å². The van der Waals surface area contributed by atoms with Gasteiger partial charge in [0.25, 0.3) is 0 Å². The number of halogens is 3. The molecule has 0 spiro atoms. The van der Waals surface area contributed by atoms with E-state index in [1.165, 1.54) is 19.1 Å². The summed E-state index contributed by atoms with van der Waals surface area (Å²) in [6.07, 6.45) is -7.72. The van der Waals surface area contributed by atoms with E-state index < -0.39 is 61.1 Å². The van der Waals surface area contributed by atoms with E-state index in [1.807, 2.05) is 0 Å². The molecule has 0 amide bonds. The molecule has 1 aliphatic heterocycles. The second kappa shape index (κ2) is 9.33. The fraction of sp³-hybridized carbons (Fsp3) is 0.381. The highest BCUT2D eigenvalue weighted by Gasteiger charge is 2.37. The van der Waals surface area contributed by atoms with Crippen LogP contribution in [0.5, 0.6) is 17.2 Å². The lowest BCUT2D eigenvalue weighted by Crippen LogP contribution is -2.29. The van der Waals surface area contributed by atoms with E-state index in [-0.39, 0.29) is 28.7 Å². The zero-order valence-electron chi connectivity index (χ0n) is 16.8. The highest BCUT2D eigenvalue weighted by Crippen LogP contribution is 2.42. The van der Waals surface area contributed by atoms with Crippen LogP contribution < -0.4 is 4.74 Å². The number of aliphatic hydroxyl groups excluding tert-OH is 2. The second-order valence-corrected chi connectivity index (χ2v) is 7.12. The van der Waals surface area contributed by atoms with Crippen molar-refractivity contribution in [3.8, 4) is 28.4 Å².